The van der Waals surface area contributed by atoms with Crippen molar-refractivity contribution in [3.8, 4) is 0 Å². The molecule has 8 heteroatoms. The molecule has 1 aliphatic heterocycles. The van der Waals surface area contributed by atoms with Crippen LogP contribution in [0.2, 0.25) is 0 Å². The molecule has 0 aromatic carbocycles. The van der Waals surface area contributed by atoms with E-state index in [1.54, 1.807) is 6.20 Å². The molecule has 0 spiro atoms. The van der Waals surface area contributed by atoms with Crippen molar-refractivity contribution in [2.75, 3.05) is 24.6 Å². The summed E-state index contributed by atoms with van der Waals surface area (Å²) >= 11 is 2.18. The number of rotatable bonds is 2. The molecule has 0 amide bonds. The first kappa shape index (κ1) is 12.3. The Kier molecular flexibility index (Phi) is 3.94. The van der Waals surface area contributed by atoms with Gasteiger partial charge in [0.2, 0.25) is 0 Å². The summed E-state index contributed by atoms with van der Waals surface area (Å²) in [6.45, 7) is 1.76. The SMILES string of the molecule is NC(=NO)C1CN(c2ncncc2I)CCO1. The standard InChI is InChI=1S/C9H12IN5O2/c10-6-3-12-5-13-9(6)15-1-2-17-7(4-15)8(11)14-16/h3,5,7,16H,1-2,4H2,(H2,11,14). The Hall–Kier alpha value is -1.16. The second kappa shape index (κ2) is 5.45. The number of oxime groups is 1. The maximum absolute atomic E-state index is 8.64. The van der Waals surface area contributed by atoms with E-state index in [-0.39, 0.29) is 5.84 Å². The van der Waals surface area contributed by atoms with Crippen molar-refractivity contribution in [1.82, 2.24) is 9.97 Å². The van der Waals surface area contributed by atoms with Crippen LogP contribution in [-0.4, -0.2) is 46.8 Å². The van der Waals surface area contributed by atoms with E-state index in [1.807, 2.05) is 4.90 Å². The molecular formula is C9H12IN5O2. The average Bonchev–Trinajstić information content (AvgIpc) is 2.38. The third kappa shape index (κ3) is 2.75. The smallest absolute Gasteiger partial charge is 0.170 e. The number of morpholine rings is 1. The Morgan fingerprint density at radius 2 is 2.53 bits per heavy atom. The second-order valence-electron chi connectivity index (χ2n) is 3.52. The van der Waals surface area contributed by atoms with Gasteiger partial charge >= 0.3 is 0 Å². The minimum atomic E-state index is -0.403. The highest BCUT2D eigenvalue weighted by Crippen LogP contribution is 2.20. The van der Waals surface area contributed by atoms with Crippen LogP contribution >= 0.6 is 22.6 Å². The number of nitrogens with zero attached hydrogens (tertiary/aromatic N) is 4. The topological polar surface area (TPSA) is 96.9 Å². The number of nitrogens with two attached hydrogens (primary N) is 1. The zero-order valence-electron chi connectivity index (χ0n) is 8.95. The first-order chi connectivity index (χ1) is 8.22. The van der Waals surface area contributed by atoms with Gasteiger partial charge in [-0.2, -0.15) is 0 Å². The molecule has 0 saturated carbocycles. The third-order valence-corrected chi connectivity index (χ3v) is 3.22. The summed E-state index contributed by atoms with van der Waals surface area (Å²) in [6, 6.07) is 0. The van der Waals surface area contributed by atoms with Crippen molar-refractivity contribution in [3.63, 3.8) is 0 Å². The molecule has 1 atom stereocenters. The predicted octanol–water partition coefficient (Wildman–Crippen LogP) is 0.0328. The summed E-state index contributed by atoms with van der Waals surface area (Å²) < 4.78 is 6.38. The molecule has 1 aromatic rings. The van der Waals surface area contributed by atoms with Crippen molar-refractivity contribution in [2.24, 2.45) is 10.9 Å². The minimum Gasteiger partial charge on any atom is -0.409 e. The molecule has 1 unspecified atom stereocenters. The molecule has 2 rings (SSSR count). The molecule has 17 heavy (non-hydrogen) atoms. The van der Waals surface area contributed by atoms with Gasteiger partial charge in [0.05, 0.1) is 16.7 Å². The lowest BCUT2D eigenvalue weighted by Gasteiger charge is -2.33. The first-order valence-electron chi connectivity index (χ1n) is 5.02. The van der Waals surface area contributed by atoms with Crippen LogP contribution in [0.15, 0.2) is 17.7 Å². The fourth-order valence-electron chi connectivity index (χ4n) is 1.62. The summed E-state index contributed by atoms with van der Waals surface area (Å²) in [5, 5.41) is 11.6. The number of ether oxygens (including phenoxy) is 1. The van der Waals surface area contributed by atoms with Crippen molar-refractivity contribution in [1.29, 1.82) is 0 Å². The zero-order chi connectivity index (χ0) is 12.3. The molecule has 2 heterocycles. The maximum Gasteiger partial charge on any atom is 0.170 e. The number of hydrogen-bond acceptors (Lipinski definition) is 6. The van der Waals surface area contributed by atoms with Gasteiger partial charge in [-0.3, -0.25) is 0 Å². The van der Waals surface area contributed by atoms with Crippen molar-refractivity contribution in [2.45, 2.75) is 6.10 Å². The average molecular weight is 349 g/mol. The molecular weight excluding hydrogens is 337 g/mol. The van der Waals surface area contributed by atoms with Crippen LogP contribution < -0.4 is 10.6 Å². The van der Waals surface area contributed by atoms with E-state index in [1.165, 1.54) is 6.33 Å². The third-order valence-electron chi connectivity index (χ3n) is 2.46. The minimum absolute atomic E-state index is 0.0822. The van der Waals surface area contributed by atoms with E-state index >= 15 is 0 Å². The van der Waals surface area contributed by atoms with Crippen LogP contribution in [0, 0.1) is 3.57 Å². The lowest BCUT2D eigenvalue weighted by atomic mass is 10.2. The normalized spacial score (nSPS) is 21.6. The van der Waals surface area contributed by atoms with Gasteiger partial charge in [-0.25, -0.2) is 9.97 Å². The molecule has 0 radical (unpaired) electrons. The number of aromatic nitrogens is 2. The van der Waals surface area contributed by atoms with E-state index in [0.717, 1.165) is 15.9 Å². The van der Waals surface area contributed by atoms with Crippen LogP contribution in [0.4, 0.5) is 5.82 Å². The Labute approximate surface area is 112 Å². The second-order valence-corrected chi connectivity index (χ2v) is 4.69. The van der Waals surface area contributed by atoms with Gasteiger partial charge < -0.3 is 20.6 Å². The molecule has 1 aliphatic rings. The lowest BCUT2D eigenvalue weighted by molar-refractivity contribution is 0.0803. The molecule has 0 aliphatic carbocycles. The Balaban J connectivity index is 2.15. The van der Waals surface area contributed by atoms with Gasteiger partial charge in [0, 0.05) is 12.7 Å². The number of amidine groups is 1. The summed E-state index contributed by atoms with van der Waals surface area (Å²) in [6.07, 6.45) is 2.85. The monoisotopic (exact) mass is 349 g/mol. The maximum atomic E-state index is 8.64. The lowest BCUT2D eigenvalue weighted by Crippen LogP contribution is -2.49. The highest BCUT2D eigenvalue weighted by atomic mass is 127. The first-order valence-corrected chi connectivity index (χ1v) is 6.09. The Morgan fingerprint density at radius 1 is 1.71 bits per heavy atom. The predicted molar refractivity (Wildman–Crippen MR) is 70.1 cm³/mol. The van der Waals surface area contributed by atoms with Gasteiger partial charge in [-0.15, -0.1) is 0 Å². The van der Waals surface area contributed by atoms with Crippen LogP contribution in [-0.2, 0) is 4.74 Å². The van der Waals surface area contributed by atoms with Gasteiger partial charge in [0.1, 0.15) is 18.2 Å². The van der Waals surface area contributed by atoms with E-state index in [0.29, 0.717) is 13.2 Å². The summed E-state index contributed by atoms with van der Waals surface area (Å²) in [4.78, 5) is 10.2. The van der Waals surface area contributed by atoms with Crippen molar-refractivity contribution < 1.29 is 9.94 Å². The van der Waals surface area contributed by atoms with Crippen LogP contribution in [0.5, 0.6) is 0 Å². The molecule has 1 fully saturated rings. The van der Waals surface area contributed by atoms with E-state index in [9.17, 15) is 0 Å². The van der Waals surface area contributed by atoms with Gasteiger partial charge in [-0.05, 0) is 22.6 Å². The summed E-state index contributed by atoms with van der Waals surface area (Å²) in [5.41, 5.74) is 5.54. The molecule has 3 N–H and O–H groups in total. The number of hydrogen-bond donors (Lipinski definition) is 2. The molecule has 0 bridgehead atoms. The van der Waals surface area contributed by atoms with E-state index in [4.69, 9.17) is 15.7 Å². The Morgan fingerprint density at radius 3 is 3.24 bits per heavy atom. The highest BCUT2D eigenvalue weighted by molar-refractivity contribution is 14.1. The van der Waals surface area contributed by atoms with Crippen LogP contribution in [0.1, 0.15) is 0 Å². The number of anilines is 1. The fraction of sp³-hybridized carbons (Fsp3) is 0.444. The number of halogens is 1. The molecule has 7 nitrogen and oxygen atoms in total. The molecule has 92 valence electrons. The quantitative estimate of drug-likeness (QED) is 0.257. The van der Waals surface area contributed by atoms with Crippen molar-refractivity contribution >= 4 is 34.2 Å². The van der Waals surface area contributed by atoms with Crippen LogP contribution in [0.25, 0.3) is 0 Å². The zero-order valence-corrected chi connectivity index (χ0v) is 11.1. The Bertz CT molecular complexity index is 428. The molecule has 1 aromatic heterocycles. The fourth-order valence-corrected chi connectivity index (χ4v) is 2.27. The van der Waals surface area contributed by atoms with Crippen molar-refractivity contribution in [3.05, 3.63) is 16.1 Å². The molecule has 1 saturated heterocycles. The highest BCUT2D eigenvalue weighted by Gasteiger charge is 2.25. The van der Waals surface area contributed by atoms with E-state index in [2.05, 4.69) is 37.7 Å². The summed E-state index contributed by atoms with van der Waals surface area (Å²) in [5.74, 6) is 0.929. The van der Waals surface area contributed by atoms with E-state index < -0.39 is 6.10 Å². The van der Waals surface area contributed by atoms with Gasteiger partial charge in [0.25, 0.3) is 0 Å². The van der Waals surface area contributed by atoms with Gasteiger partial charge in [0.15, 0.2) is 5.84 Å². The largest absolute Gasteiger partial charge is 0.409 e. The summed E-state index contributed by atoms with van der Waals surface area (Å²) in [7, 11) is 0. The van der Waals surface area contributed by atoms with Crippen LogP contribution in [0.3, 0.4) is 0 Å². The van der Waals surface area contributed by atoms with Gasteiger partial charge in [-0.1, -0.05) is 5.16 Å².